The Bertz CT molecular complexity index is 5470. The van der Waals surface area contributed by atoms with Crippen molar-refractivity contribution >= 4 is 129 Å². The smallest absolute Gasteiger partial charge is 0.410 e. The van der Waals surface area contributed by atoms with Gasteiger partial charge in [0, 0.05) is 110 Å². The normalized spacial score (nSPS) is 16.0. The summed E-state index contributed by atoms with van der Waals surface area (Å²) in [5.41, 5.74) is 12.5. The number of alkyl halides is 4. The van der Waals surface area contributed by atoms with Gasteiger partial charge in [-0.2, -0.15) is 0 Å². The Balaban J connectivity index is 0.000000207. The third-order valence-electron chi connectivity index (χ3n) is 22.5. The van der Waals surface area contributed by atoms with Crippen molar-refractivity contribution in [3.63, 3.8) is 0 Å². The number of benzene rings is 5. The van der Waals surface area contributed by atoms with Crippen LogP contribution in [0, 0.1) is 55.4 Å². The quantitative estimate of drug-likeness (QED) is 0.0458. The molecule has 0 radical (unpaired) electrons. The molecule has 6 amide bonds. The van der Waals surface area contributed by atoms with Crippen molar-refractivity contribution in [1.82, 2.24) is 60.6 Å². The fourth-order valence-corrected chi connectivity index (χ4v) is 17.7. The molecule has 688 valence electrons. The van der Waals surface area contributed by atoms with E-state index in [2.05, 4.69) is 62.4 Å². The van der Waals surface area contributed by atoms with Crippen LogP contribution in [0.3, 0.4) is 0 Å². The third-order valence-corrected chi connectivity index (χ3v) is 25.5. The van der Waals surface area contributed by atoms with Crippen LogP contribution in [0.5, 0.6) is 0 Å². The Morgan fingerprint density at radius 3 is 1.09 bits per heavy atom. The minimum Gasteiger partial charge on any atom is -0.444 e. The number of amides is 6. The second kappa shape index (κ2) is 45.7. The van der Waals surface area contributed by atoms with E-state index in [1.807, 2.05) is 155 Å². The predicted octanol–water partition coefficient (Wildman–Crippen LogP) is 14.8. The summed E-state index contributed by atoms with van der Waals surface area (Å²) in [4.78, 5) is 96.2. The van der Waals surface area contributed by atoms with Gasteiger partial charge in [-0.25, -0.2) is 25.9 Å². The maximum absolute atomic E-state index is 13.2. The molecular weight excluding hydrogens is 1770 g/mol. The average Bonchev–Trinajstić information content (AvgIpc) is 1.63. The molecule has 29 nitrogen and oxygen atoms in total. The summed E-state index contributed by atoms with van der Waals surface area (Å²) in [5, 5.41) is 24.6. The lowest BCUT2D eigenvalue weighted by atomic mass is 9.88. The molecule has 36 heteroatoms. The molecule has 0 unspecified atom stereocenters. The summed E-state index contributed by atoms with van der Waals surface area (Å²) in [6.07, 6.45) is 3.38. The molecule has 0 atom stereocenters. The number of ether oxygens (including phenoxy) is 1. The van der Waals surface area contributed by atoms with E-state index in [0.717, 1.165) is 127 Å². The molecule has 9 heterocycles. The van der Waals surface area contributed by atoms with Crippen LogP contribution in [0.25, 0.3) is 33.4 Å². The molecule has 3 fully saturated rings. The molecule has 4 N–H and O–H groups in total. The lowest BCUT2D eigenvalue weighted by Gasteiger charge is -2.36. The van der Waals surface area contributed by atoms with E-state index in [9.17, 15) is 45.6 Å². The first-order chi connectivity index (χ1) is 59.9. The Morgan fingerprint density at radius 2 is 0.803 bits per heavy atom. The van der Waals surface area contributed by atoms with E-state index < -0.39 is 41.3 Å². The minimum atomic E-state index is -3.54. The van der Waals surface area contributed by atoms with E-state index >= 15 is 0 Å². The van der Waals surface area contributed by atoms with Gasteiger partial charge >= 0.3 is 6.09 Å². The number of sulfonamides is 1. The predicted molar refractivity (Wildman–Crippen MR) is 502 cm³/mol. The first-order valence-corrected chi connectivity index (χ1v) is 48.2. The number of carbonyl (C=O) groups is 6. The van der Waals surface area contributed by atoms with Gasteiger partial charge in [0.25, 0.3) is 29.5 Å². The number of nitrogens with zero attached hydrogens (tertiary/aromatic N) is 11. The standard InChI is InChI=1S/C30H35N5O5S.C23H28N4O4.C18H20N4O2.C12H16ClNO3S.C6H15N.2CH2Cl2/c1-19-17-25(28(36)34(4)5)10-9-22(19)11-16-41(38,39)35-14-12-30(13-15-35)29(37)31-27(32-30)24-8-6-7-23(18-24)26-20(2)33-40-21(26)3;1-14-18(15(2)31-26-14)16-7-6-8-17(13-16)19-24-20(28)23(25-19)9-11-27(12-10-23)21(29)30-22(3,4)5;1-11-15(12(2)24-22-11)13-4-3-5-14(10-13)16-20-17(23)18(21-16)6-8-19-9-7-18;1-9-8-11(12(15)14(2)3)5-4-10(9)6-7-18(13,16)17;1-4-7(5-2)6-3;2*2-1-3/h6-10,17-18H,11-16H2,1-5H3,(H,31,32,37);6-8,13H,9-12H2,1-5H3,(H,24,25,28);3-5,10,19H,6-9H2,1-2H3,(H,20,21,23);4-5,8H,6-7H2,1-3H3;4-6H2,1-3H3;2*1H2. The summed E-state index contributed by atoms with van der Waals surface area (Å²) in [5.74, 6) is 3.35. The number of likely N-dealkylation sites (tertiary alicyclic amines) is 1. The van der Waals surface area contributed by atoms with Crippen LogP contribution in [0.2, 0.25) is 0 Å². The Hall–Kier alpha value is -9.41. The van der Waals surface area contributed by atoms with E-state index in [4.69, 9.17) is 90.4 Å². The molecule has 127 heavy (non-hydrogen) atoms. The summed E-state index contributed by atoms with van der Waals surface area (Å²) in [7, 11) is 4.91. The number of carbonyl (C=O) groups excluding carboxylic acids is 6. The van der Waals surface area contributed by atoms with Crippen LogP contribution in [0.15, 0.2) is 138 Å². The number of piperidine rings is 3. The third kappa shape index (κ3) is 27.1. The van der Waals surface area contributed by atoms with E-state index in [1.54, 1.807) is 63.4 Å². The van der Waals surface area contributed by atoms with E-state index in [0.29, 0.717) is 86.0 Å². The topological polar surface area (TPSA) is 359 Å². The van der Waals surface area contributed by atoms with Crippen LogP contribution >= 0.6 is 57.1 Å². The van der Waals surface area contributed by atoms with Crippen molar-refractivity contribution in [2.45, 2.75) is 171 Å². The monoisotopic (exact) mass is 1880 g/mol. The highest BCUT2D eigenvalue weighted by atomic mass is 35.7. The minimum absolute atomic E-state index is 0.0155. The summed E-state index contributed by atoms with van der Waals surface area (Å²) >= 11 is 19.1. The van der Waals surface area contributed by atoms with Gasteiger partial charge in [-0.1, -0.05) is 103 Å². The average molecular weight is 1890 g/mol. The number of halogens is 5. The zero-order valence-corrected chi connectivity index (χ0v) is 81.0. The number of rotatable bonds is 18. The molecule has 14 rings (SSSR count). The largest absolute Gasteiger partial charge is 0.444 e. The number of hydrogen-bond donors (Lipinski definition) is 4. The highest BCUT2D eigenvalue weighted by Crippen LogP contribution is 2.38. The van der Waals surface area contributed by atoms with Gasteiger partial charge in [-0.15, -0.1) is 46.4 Å². The Kier molecular flexibility index (Phi) is 37.1. The highest BCUT2D eigenvalue weighted by Gasteiger charge is 2.50. The second-order valence-electron chi connectivity index (χ2n) is 32.9. The van der Waals surface area contributed by atoms with Crippen molar-refractivity contribution in [3.8, 4) is 33.4 Å². The molecule has 8 aromatic rings. The first-order valence-electron chi connectivity index (χ1n) is 42.0. The molecule has 0 saturated carbocycles. The zero-order valence-electron chi connectivity index (χ0n) is 75.6. The van der Waals surface area contributed by atoms with Crippen molar-refractivity contribution in [2.75, 3.05) is 109 Å². The summed E-state index contributed by atoms with van der Waals surface area (Å²) < 4.78 is 71.0. The molecule has 0 bridgehead atoms. The molecule has 6 aliphatic heterocycles. The van der Waals surface area contributed by atoms with Gasteiger partial charge in [0.2, 0.25) is 19.1 Å². The van der Waals surface area contributed by atoms with Crippen LogP contribution < -0.4 is 21.3 Å². The number of aromatic nitrogens is 3. The van der Waals surface area contributed by atoms with Crippen LogP contribution in [-0.2, 0) is 51.0 Å². The summed E-state index contributed by atoms with van der Waals surface area (Å²) in [6.45, 7) is 33.7. The summed E-state index contributed by atoms with van der Waals surface area (Å²) in [6, 6.07) is 34.1. The number of hydrogen-bond acceptors (Lipinski definition) is 22. The van der Waals surface area contributed by atoms with Crippen molar-refractivity contribution in [3.05, 3.63) is 194 Å². The van der Waals surface area contributed by atoms with Crippen molar-refractivity contribution in [2.24, 2.45) is 15.0 Å². The molecule has 3 aromatic heterocycles. The number of nitrogens with one attached hydrogen (secondary N) is 4. The van der Waals surface area contributed by atoms with Gasteiger partial charge < -0.3 is 59.2 Å². The van der Waals surface area contributed by atoms with Gasteiger partial charge in [0.1, 0.15) is 57.0 Å². The van der Waals surface area contributed by atoms with Crippen molar-refractivity contribution < 1.29 is 63.9 Å². The van der Waals surface area contributed by atoms with Gasteiger partial charge in [-0.05, 0) is 242 Å². The molecule has 3 saturated heterocycles. The molecule has 0 aliphatic carbocycles. The van der Waals surface area contributed by atoms with E-state index in [1.165, 1.54) is 33.7 Å². The van der Waals surface area contributed by atoms with Crippen molar-refractivity contribution in [1.29, 1.82) is 0 Å². The fourth-order valence-electron chi connectivity index (χ4n) is 15.5. The molecule has 6 aliphatic rings. The molecular formula is C91H118Cl5N15O14S2. The van der Waals surface area contributed by atoms with Gasteiger partial charge in [-0.3, -0.25) is 38.9 Å². The van der Waals surface area contributed by atoms with Crippen LogP contribution in [0.4, 0.5) is 4.79 Å². The molecule has 3 spiro atoms. The van der Waals surface area contributed by atoms with Crippen LogP contribution in [-0.4, -0.2) is 241 Å². The maximum atomic E-state index is 13.2. The fraction of sp³-hybridized carbons (Fsp3) is 0.473. The first kappa shape index (κ1) is 103. The van der Waals surface area contributed by atoms with E-state index in [-0.39, 0.29) is 70.9 Å². The lowest BCUT2D eigenvalue weighted by molar-refractivity contribution is -0.125. The van der Waals surface area contributed by atoms with Gasteiger partial charge in [0.15, 0.2) is 0 Å². The highest BCUT2D eigenvalue weighted by molar-refractivity contribution is 8.13. The number of aliphatic imine (C=N–C) groups is 3. The Morgan fingerprint density at radius 1 is 0.480 bits per heavy atom. The Labute approximate surface area is 770 Å². The lowest BCUT2D eigenvalue weighted by Crippen LogP contribution is -2.51. The SMILES string of the molecule is CCN(CC)CC.Cc1cc(C(=O)N(C)C)ccc1CCS(=O)(=O)Cl.Cc1cc(C(=O)N(C)C)ccc1CCS(=O)(=O)N1CCC2(CC1)N=C(c1cccc(-c3c(C)noc3C)c1)NC2=O.Cc1noc(C)c1-c1cccc(C2=NC3(CCN(C(=O)OC(C)(C)C)CC3)C(=O)N2)c1.Cc1noc(C)c1-c1cccc(C2=NC3(CCNCC3)C(=O)N2)c1.ClCCl.ClCCl. The number of amidine groups is 3. The van der Waals surface area contributed by atoms with Crippen LogP contribution in [0.1, 0.15) is 174 Å². The maximum Gasteiger partial charge on any atom is 0.410 e. The number of aryl methyl sites for hydroxylation is 10. The second-order valence-corrected chi connectivity index (χ2v) is 39.5. The zero-order chi connectivity index (χ0) is 93.7. The van der Waals surface area contributed by atoms with Gasteiger partial charge in [0.05, 0.1) is 39.3 Å². The molecule has 5 aromatic carbocycles.